The molecule has 0 saturated carbocycles. The lowest BCUT2D eigenvalue weighted by atomic mass is 9.78. The number of rotatable bonds is 4. The third-order valence-electron chi connectivity index (χ3n) is 4.01. The summed E-state index contributed by atoms with van der Waals surface area (Å²) >= 11 is 0. The number of nitrogens with zero attached hydrogens (tertiary/aromatic N) is 1. The molecule has 6 heteroatoms. The molecule has 0 aromatic rings. The van der Waals surface area contributed by atoms with Crippen LogP contribution in [0.3, 0.4) is 0 Å². The predicted octanol–water partition coefficient (Wildman–Crippen LogP) is 0.0232. The van der Waals surface area contributed by atoms with Gasteiger partial charge in [0.05, 0.1) is 5.75 Å². The monoisotopic (exact) mass is 274 g/mol. The molecule has 0 unspecified atom stereocenters. The lowest BCUT2D eigenvalue weighted by Crippen LogP contribution is -2.38. The lowest BCUT2D eigenvalue weighted by molar-refractivity contribution is -0.127. The third kappa shape index (κ3) is 3.45. The Kier molecular flexibility index (Phi) is 3.96. The highest BCUT2D eigenvalue weighted by molar-refractivity contribution is 7.90. The number of hydrogen-bond donors (Lipinski definition) is 1. The Hall–Kier alpha value is -0.620. The highest BCUT2D eigenvalue weighted by atomic mass is 32.2. The second-order valence-electron chi connectivity index (χ2n) is 5.73. The van der Waals surface area contributed by atoms with Gasteiger partial charge in [0.2, 0.25) is 5.91 Å². The molecule has 2 aliphatic heterocycles. The SMILES string of the molecule is CS(=O)(=O)CCCN1CC2(CCNCC2)CC1=O. The zero-order valence-electron chi connectivity index (χ0n) is 10.9. The fourth-order valence-electron chi connectivity index (χ4n) is 2.99. The third-order valence-corrected chi connectivity index (χ3v) is 5.04. The van der Waals surface area contributed by atoms with Crippen molar-refractivity contribution in [3.8, 4) is 0 Å². The summed E-state index contributed by atoms with van der Waals surface area (Å²) < 4.78 is 22.1. The summed E-state index contributed by atoms with van der Waals surface area (Å²) in [5, 5.41) is 3.32. The summed E-state index contributed by atoms with van der Waals surface area (Å²) in [5.74, 6) is 0.371. The maximum absolute atomic E-state index is 12.0. The van der Waals surface area contributed by atoms with Crippen molar-refractivity contribution in [2.75, 3.05) is 38.2 Å². The van der Waals surface area contributed by atoms with Gasteiger partial charge in [-0.2, -0.15) is 0 Å². The van der Waals surface area contributed by atoms with Crippen LogP contribution in [0, 0.1) is 5.41 Å². The maximum atomic E-state index is 12.0. The molecule has 1 spiro atoms. The Balaban J connectivity index is 1.85. The van der Waals surface area contributed by atoms with E-state index in [0.717, 1.165) is 32.5 Å². The first kappa shape index (κ1) is 13.8. The average Bonchev–Trinajstić information content (AvgIpc) is 2.54. The van der Waals surface area contributed by atoms with Crippen molar-refractivity contribution in [1.82, 2.24) is 10.2 Å². The van der Waals surface area contributed by atoms with E-state index in [1.54, 1.807) is 0 Å². The quantitative estimate of drug-likeness (QED) is 0.785. The molecule has 18 heavy (non-hydrogen) atoms. The second-order valence-corrected chi connectivity index (χ2v) is 7.99. The van der Waals surface area contributed by atoms with Gasteiger partial charge < -0.3 is 10.2 Å². The molecular weight excluding hydrogens is 252 g/mol. The molecule has 0 aliphatic carbocycles. The molecule has 104 valence electrons. The zero-order chi connectivity index (χ0) is 13.2. The minimum absolute atomic E-state index is 0.160. The zero-order valence-corrected chi connectivity index (χ0v) is 11.8. The molecule has 0 radical (unpaired) electrons. The van der Waals surface area contributed by atoms with Crippen molar-refractivity contribution in [3.63, 3.8) is 0 Å². The number of sulfone groups is 1. The maximum Gasteiger partial charge on any atom is 0.223 e. The summed E-state index contributed by atoms with van der Waals surface area (Å²) in [6.45, 7) is 3.38. The fraction of sp³-hybridized carbons (Fsp3) is 0.917. The first-order valence-electron chi connectivity index (χ1n) is 6.57. The highest BCUT2D eigenvalue weighted by Gasteiger charge is 2.43. The van der Waals surface area contributed by atoms with E-state index in [-0.39, 0.29) is 17.1 Å². The molecule has 2 saturated heterocycles. The Labute approximate surface area is 109 Å². The molecule has 0 bridgehead atoms. The van der Waals surface area contributed by atoms with Gasteiger partial charge in [0.15, 0.2) is 0 Å². The van der Waals surface area contributed by atoms with Gasteiger partial charge in [-0.05, 0) is 37.8 Å². The van der Waals surface area contributed by atoms with Gasteiger partial charge in [0.25, 0.3) is 0 Å². The molecule has 1 N–H and O–H groups in total. The van der Waals surface area contributed by atoms with Crippen molar-refractivity contribution in [1.29, 1.82) is 0 Å². The molecule has 0 aromatic carbocycles. The number of amides is 1. The summed E-state index contributed by atoms with van der Waals surface area (Å²) in [6.07, 6.45) is 4.56. The molecule has 2 aliphatic rings. The van der Waals surface area contributed by atoms with Crippen LogP contribution in [-0.2, 0) is 14.6 Å². The standard InChI is InChI=1S/C12H22N2O3S/c1-18(16,17)8-2-7-14-10-12(9-11(14)15)3-5-13-6-4-12/h13H,2-10H2,1H3. The topological polar surface area (TPSA) is 66.5 Å². The van der Waals surface area contributed by atoms with Crippen molar-refractivity contribution >= 4 is 15.7 Å². The Morgan fingerprint density at radius 2 is 2.00 bits per heavy atom. The van der Waals surface area contributed by atoms with Crippen molar-refractivity contribution in [2.24, 2.45) is 5.41 Å². The number of likely N-dealkylation sites (tertiary alicyclic amines) is 1. The van der Waals surface area contributed by atoms with Crippen LogP contribution in [0.15, 0.2) is 0 Å². The molecule has 2 heterocycles. The van der Waals surface area contributed by atoms with Gasteiger partial charge in [-0.15, -0.1) is 0 Å². The van der Waals surface area contributed by atoms with E-state index in [9.17, 15) is 13.2 Å². The van der Waals surface area contributed by atoms with E-state index in [0.29, 0.717) is 19.4 Å². The smallest absolute Gasteiger partial charge is 0.223 e. The number of nitrogens with one attached hydrogen (secondary N) is 1. The number of carbonyl (C=O) groups excluding carboxylic acids is 1. The molecule has 0 aromatic heterocycles. The largest absolute Gasteiger partial charge is 0.342 e. The molecule has 1 amide bonds. The van der Waals surface area contributed by atoms with Crippen LogP contribution in [-0.4, -0.2) is 57.4 Å². The van der Waals surface area contributed by atoms with E-state index in [4.69, 9.17) is 0 Å². The Morgan fingerprint density at radius 1 is 1.33 bits per heavy atom. The summed E-state index contributed by atoms with van der Waals surface area (Å²) in [5.41, 5.74) is 0.160. The first-order chi connectivity index (χ1) is 8.40. The average molecular weight is 274 g/mol. The van der Waals surface area contributed by atoms with Gasteiger partial charge >= 0.3 is 0 Å². The second kappa shape index (κ2) is 5.17. The van der Waals surface area contributed by atoms with Gasteiger partial charge in [0, 0.05) is 25.8 Å². The molecule has 2 fully saturated rings. The van der Waals surface area contributed by atoms with Crippen LogP contribution in [0.2, 0.25) is 0 Å². The normalized spacial score (nSPS) is 23.8. The number of hydrogen-bond acceptors (Lipinski definition) is 4. The Morgan fingerprint density at radius 3 is 2.61 bits per heavy atom. The van der Waals surface area contributed by atoms with Gasteiger partial charge in [-0.1, -0.05) is 0 Å². The summed E-state index contributed by atoms with van der Waals surface area (Å²) in [7, 11) is -2.91. The van der Waals surface area contributed by atoms with Crippen molar-refractivity contribution < 1.29 is 13.2 Å². The molecule has 0 atom stereocenters. The molecule has 2 rings (SSSR count). The van der Waals surface area contributed by atoms with Crippen LogP contribution in [0.1, 0.15) is 25.7 Å². The fourth-order valence-corrected chi connectivity index (χ4v) is 3.65. The summed E-state index contributed by atoms with van der Waals surface area (Å²) in [4.78, 5) is 13.8. The summed E-state index contributed by atoms with van der Waals surface area (Å²) in [6, 6.07) is 0. The van der Waals surface area contributed by atoms with Crippen molar-refractivity contribution in [3.05, 3.63) is 0 Å². The van der Waals surface area contributed by atoms with Gasteiger partial charge in [-0.3, -0.25) is 4.79 Å². The molecular formula is C12H22N2O3S. The number of carbonyl (C=O) groups is 1. The van der Waals surface area contributed by atoms with Gasteiger partial charge in [0.1, 0.15) is 9.84 Å². The minimum Gasteiger partial charge on any atom is -0.342 e. The van der Waals surface area contributed by atoms with E-state index in [1.165, 1.54) is 6.26 Å². The van der Waals surface area contributed by atoms with E-state index in [1.807, 2.05) is 4.90 Å². The first-order valence-corrected chi connectivity index (χ1v) is 8.63. The van der Waals surface area contributed by atoms with Crippen LogP contribution >= 0.6 is 0 Å². The van der Waals surface area contributed by atoms with E-state index >= 15 is 0 Å². The predicted molar refractivity (Wildman–Crippen MR) is 70.1 cm³/mol. The van der Waals surface area contributed by atoms with Crippen molar-refractivity contribution in [2.45, 2.75) is 25.7 Å². The van der Waals surface area contributed by atoms with E-state index in [2.05, 4.69) is 5.32 Å². The van der Waals surface area contributed by atoms with Crippen LogP contribution < -0.4 is 5.32 Å². The number of piperidine rings is 1. The van der Waals surface area contributed by atoms with Crippen LogP contribution in [0.5, 0.6) is 0 Å². The minimum atomic E-state index is -2.91. The van der Waals surface area contributed by atoms with Crippen LogP contribution in [0.25, 0.3) is 0 Å². The molecule has 5 nitrogen and oxygen atoms in total. The van der Waals surface area contributed by atoms with Crippen LogP contribution in [0.4, 0.5) is 0 Å². The lowest BCUT2D eigenvalue weighted by Gasteiger charge is -2.33. The highest BCUT2D eigenvalue weighted by Crippen LogP contribution is 2.39. The Bertz CT molecular complexity index is 413. The van der Waals surface area contributed by atoms with E-state index < -0.39 is 9.84 Å². The van der Waals surface area contributed by atoms with Gasteiger partial charge in [-0.25, -0.2) is 8.42 Å².